The van der Waals surface area contributed by atoms with Crippen molar-refractivity contribution in [3.05, 3.63) is 35.5 Å². The first-order valence-electron chi connectivity index (χ1n) is 7.61. The molecule has 4 rings (SSSR count). The van der Waals surface area contributed by atoms with Crippen molar-refractivity contribution in [1.82, 2.24) is 4.98 Å². The molecule has 2 aliphatic rings. The summed E-state index contributed by atoms with van der Waals surface area (Å²) >= 11 is 0. The Kier molecular flexibility index (Phi) is 2.66. The van der Waals surface area contributed by atoms with Gasteiger partial charge in [0.2, 0.25) is 0 Å². The van der Waals surface area contributed by atoms with Gasteiger partial charge in [-0.1, -0.05) is 18.2 Å². The molecule has 0 saturated heterocycles. The number of para-hydroxylation sites is 1. The molecule has 2 saturated carbocycles. The zero-order chi connectivity index (χ0) is 12.8. The highest BCUT2D eigenvalue weighted by atomic mass is 16.3. The van der Waals surface area contributed by atoms with Crippen LogP contribution in [-0.2, 0) is 0 Å². The van der Waals surface area contributed by atoms with E-state index in [1.807, 2.05) is 0 Å². The lowest BCUT2D eigenvalue weighted by Crippen LogP contribution is -2.17. The van der Waals surface area contributed by atoms with E-state index in [1.165, 1.54) is 29.4 Å². The molecule has 1 heterocycles. The number of aromatic amines is 1. The molecule has 0 bridgehead atoms. The highest BCUT2D eigenvalue weighted by molar-refractivity contribution is 5.85. The Labute approximate surface area is 113 Å². The van der Waals surface area contributed by atoms with Gasteiger partial charge in [0.05, 0.1) is 6.10 Å². The van der Waals surface area contributed by atoms with Gasteiger partial charge in [-0.2, -0.15) is 0 Å². The number of hydrogen-bond donors (Lipinski definition) is 2. The SMILES string of the molecule is OC1CCC(c2c(C3CC3)[nH]c3ccccc23)CC1. The topological polar surface area (TPSA) is 36.0 Å². The molecule has 2 aromatic rings. The lowest BCUT2D eigenvalue weighted by atomic mass is 9.81. The minimum absolute atomic E-state index is 0.0640. The van der Waals surface area contributed by atoms with Crippen molar-refractivity contribution in [2.75, 3.05) is 0 Å². The molecule has 2 fully saturated rings. The lowest BCUT2D eigenvalue weighted by molar-refractivity contribution is 0.122. The summed E-state index contributed by atoms with van der Waals surface area (Å²) in [6.45, 7) is 0. The van der Waals surface area contributed by atoms with Crippen molar-refractivity contribution in [2.45, 2.75) is 56.5 Å². The molecule has 0 aliphatic heterocycles. The zero-order valence-electron chi connectivity index (χ0n) is 11.2. The van der Waals surface area contributed by atoms with Crippen LogP contribution in [0.25, 0.3) is 10.9 Å². The molecule has 1 aromatic carbocycles. The van der Waals surface area contributed by atoms with Crippen molar-refractivity contribution < 1.29 is 5.11 Å². The number of H-pyrrole nitrogens is 1. The fourth-order valence-electron chi connectivity index (χ4n) is 3.68. The summed E-state index contributed by atoms with van der Waals surface area (Å²) < 4.78 is 0. The first-order valence-corrected chi connectivity index (χ1v) is 7.61. The second-order valence-corrected chi connectivity index (χ2v) is 6.28. The second-order valence-electron chi connectivity index (χ2n) is 6.28. The predicted molar refractivity (Wildman–Crippen MR) is 77.5 cm³/mol. The normalized spacial score (nSPS) is 27.8. The predicted octanol–water partition coefficient (Wildman–Crippen LogP) is 4.06. The van der Waals surface area contributed by atoms with Crippen LogP contribution < -0.4 is 0 Å². The van der Waals surface area contributed by atoms with Crippen LogP contribution in [0.5, 0.6) is 0 Å². The van der Waals surface area contributed by atoms with Gasteiger partial charge in [0.25, 0.3) is 0 Å². The maximum Gasteiger partial charge on any atom is 0.0540 e. The Morgan fingerprint density at radius 1 is 0.895 bits per heavy atom. The van der Waals surface area contributed by atoms with Crippen LogP contribution in [0.15, 0.2) is 24.3 Å². The molecule has 0 radical (unpaired) electrons. The van der Waals surface area contributed by atoms with E-state index in [1.54, 1.807) is 5.56 Å². The Balaban J connectivity index is 1.80. The van der Waals surface area contributed by atoms with Crippen LogP contribution in [0, 0.1) is 0 Å². The second kappa shape index (κ2) is 4.38. The highest BCUT2D eigenvalue weighted by Gasteiger charge is 2.32. The van der Waals surface area contributed by atoms with Crippen LogP contribution >= 0.6 is 0 Å². The average molecular weight is 255 g/mol. The number of nitrogens with one attached hydrogen (secondary N) is 1. The van der Waals surface area contributed by atoms with Gasteiger partial charge in [-0.3, -0.25) is 0 Å². The quantitative estimate of drug-likeness (QED) is 0.834. The molecule has 0 spiro atoms. The standard InChI is InChI=1S/C17H21NO/c19-13-9-7-11(8-10-13)16-14-3-1-2-4-15(14)18-17(16)12-5-6-12/h1-4,11-13,18-19H,5-10H2. The smallest absolute Gasteiger partial charge is 0.0540 e. The van der Waals surface area contributed by atoms with Gasteiger partial charge in [-0.05, 0) is 62.0 Å². The third kappa shape index (κ3) is 1.99. The van der Waals surface area contributed by atoms with E-state index in [4.69, 9.17) is 0 Å². The molecule has 0 atom stereocenters. The first kappa shape index (κ1) is 11.5. The van der Waals surface area contributed by atoms with E-state index in [9.17, 15) is 5.11 Å². The molecule has 19 heavy (non-hydrogen) atoms. The number of aliphatic hydroxyl groups excluding tert-OH is 1. The van der Waals surface area contributed by atoms with Crippen LogP contribution in [0.2, 0.25) is 0 Å². The molecule has 100 valence electrons. The van der Waals surface area contributed by atoms with Crippen molar-refractivity contribution in [1.29, 1.82) is 0 Å². The molecule has 2 aliphatic carbocycles. The van der Waals surface area contributed by atoms with Crippen molar-refractivity contribution in [2.24, 2.45) is 0 Å². The number of aliphatic hydroxyl groups is 1. The van der Waals surface area contributed by atoms with Crippen molar-refractivity contribution in [3.8, 4) is 0 Å². The Morgan fingerprint density at radius 2 is 1.58 bits per heavy atom. The van der Waals surface area contributed by atoms with Gasteiger partial charge in [0.1, 0.15) is 0 Å². The van der Waals surface area contributed by atoms with E-state index in [2.05, 4.69) is 29.2 Å². The third-order valence-electron chi connectivity index (χ3n) is 4.87. The van der Waals surface area contributed by atoms with Gasteiger partial charge >= 0.3 is 0 Å². The fraction of sp³-hybridized carbons (Fsp3) is 0.529. The summed E-state index contributed by atoms with van der Waals surface area (Å²) in [7, 11) is 0. The molecule has 2 N–H and O–H groups in total. The summed E-state index contributed by atoms with van der Waals surface area (Å²) in [5.74, 6) is 1.42. The number of benzene rings is 1. The van der Waals surface area contributed by atoms with Gasteiger partial charge < -0.3 is 10.1 Å². The summed E-state index contributed by atoms with van der Waals surface area (Å²) in [5, 5.41) is 11.1. The van der Waals surface area contributed by atoms with E-state index in [-0.39, 0.29) is 6.10 Å². The molecule has 2 heteroatoms. The van der Waals surface area contributed by atoms with Crippen LogP contribution in [-0.4, -0.2) is 16.2 Å². The monoisotopic (exact) mass is 255 g/mol. The van der Waals surface area contributed by atoms with Gasteiger partial charge in [0.15, 0.2) is 0 Å². The average Bonchev–Trinajstić information content (AvgIpc) is 3.21. The molecular weight excluding hydrogens is 234 g/mol. The Morgan fingerprint density at radius 3 is 2.32 bits per heavy atom. The molecule has 1 aromatic heterocycles. The molecule has 2 nitrogen and oxygen atoms in total. The third-order valence-corrected chi connectivity index (χ3v) is 4.87. The number of rotatable bonds is 2. The minimum atomic E-state index is -0.0640. The fourth-order valence-corrected chi connectivity index (χ4v) is 3.68. The maximum absolute atomic E-state index is 9.72. The Bertz CT molecular complexity index is 588. The maximum atomic E-state index is 9.72. The first-order chi connectivity index (χ1) is 9.33. The van der Waals surface area contributed by atoms with Gasteiger partial charge in [0, 0.05) is 16.6 Å². The summed E-state index contributed by atoms with van der Waals surface area (Å²) in [5.41, 5.74) is 4.37. The molecule has 0 amide bonds. The summed E-state index contributed by atoms with van der Waals surface area (Å²) in [4.78, 5) is 3.67. The molecule has 0 unspecified atom stereocenters. The van der Waals surface area contributed by atoms with E-state index < -0.39 is 0 Å². The largest absolute Gasteiger partial charge is 0.393 e. The number of hydrogen-bond acceptors (Lipinski definition) is 1. The van der Waals surface area contributed by atoms with E-state index >= 15 is 0 Å². The van der Waals surface area contributed by atoms with Crippen LogP contribution in [0.1, 0.15) is 61.6 Å². The summed E-state index contributed by atoms with van der Waals surface area (Å²) in [6, 6.07) is 8.72. The highest BCUT2D eigenvalue weighted by Crippen LogP contribution is 2.47. The molecular formula is C17H21NO. The lowest BCUT2D eigenvalue weighted by Gasteiger charge is -2.26. The van der Waals surface area contributed by atoms with E-state index in [0.29, 0.717) is 5.92 Å². The number of fused-ring (bicyclic) bond motifs is 1. The summed E-state index contributed by atoms with van der Waals surface area (Å²) in [6.07, 6.45) is 6.84. The van der Waals surface area contributed by atoms with Gasteiger partial charge in [-0.25, -0.2) is 0 Å². The van der Waals surface area contributed by atoms with E-state index in [0.717, 1.165) is 31.6 Å². The zero-order valence-corrected chi connectivity index (χ0v) is 11.2. The number of aromatic nitrogens is 1. The minimum Gasteiger partial charge on any atom is -0.393 e. The van der Waals surface area contributed by atoms with Gasteiger partial charge in [-0.15, -0.1) is 0 Å². The van der Waals surface area contributed by atoms with Crippen molar-refractivity contribution >= 4 is 10.9 Å². The Hall–Kier alpha value is -1.28. The van der Waals surface area contributed by atoms with Crippen LogP contribution in [0.4, 0.5) is 0 Å². The van der Waals surface area contributed by atoms with Crippen molar-refractivity contribution in [3.63, 3.8) is 0 Å². The van der Waals surface area contributed by atoms with Crippen LogP contribution in [0.3, 0.4) is 0 Å².